The van der Waals surface area contributed by atoms with E-state index in [2.05, 4.69) is 0 Å². The zero-order valence-electron chi connectivity index (χ0n) is 18.1. The van der Waals surface area contributed by atoms with Gasteiger partial charge in [0.25, 0.3) is 11.7 Å². The molecule has 1 aliphatic heterocycles. The third-order valence-electron chi connectivity index (χ3n) is 5.57. The summed E-state index contributed by atoms with van der Waals surface area (Å²) in [7, 11) is 5.43. The number of benzene rings is 3. The summed E-state index contributed by atoms with van der Waals surface area (Å²) >= 11 is 0. The maximum absolute atomic E-state index is 13.1. The fraction of sp³-hybridized carbons (Fsp3) is 0.154. The number of ketones is 1. The first-order valence-corrected chi connectivity index (χ1v) is 10.2. The highest BCUT2D eigenvalue weighted by molar-refractivity contribution is 6.51. The normalized spacial score (nSPS) is 17.5. The minimum Gasteiger partial charge on any atom is -0.507 e. The number of rotatable bonds is 5. The van der Waals surface area contributed by atoms with Crippen LogP contribution >= 0.6 is 0 Å². The van der Waals surface area contributed by atoms with Gasteiger partial charge in [-0.05, 0) is 54.1 Å². The Hall–Kier alpha value is -4.06. The number of nitrogens with zero attached hydrogens (tertiary/aromatic N) is 2. The topological polar surface area (TPSA) is 70.1 Å². The van der Waals surface area contributed by atoms with Crippen molar-refractivity contribution in [3.63, 3.8) is 0 Å². The summed E-state index contributed by atoms with van der Waals surface area (Å²) in [4.78, 5) is 29.7. The van der Waals surface area contributed by atoms with E-state index in [4.69, 9.17) is 4.74 Å². The van der Waals surface area contributed by atoms with E-state index in [9.17, 15) is 14.7 Å². The van der Waals surface area contributed by atoms with Gasteiger partial charge in [-0.1, -0.05) is 30.3 Å². The summed E-state index contributed by atoms with van der Waals surface area (Å²) in [5.41, 5.74) is 2.80. The molecule has 0 radical (unpaired) electrons. The summed E-state index contributed by atoms with van der Waals surface area (Å²) in [6.45, 7) is 0. The minimum absolute atomic E-state index is 0.0571. The first kappa shape index (κ1) is 21.2. The zero-order valence-corrected chi connectivity index (χ0v) is 18.1. The number of methoxy groups -OCH3 is 1. The van der Waals surface area contributed by atoms with E-state index in [1.165, 1.54) is 4.90 Å². The lowest BCUT2D eigenvalue weighted by atomic mass is 9.95. The molecule has 1 atom stereocenters. The van der Waals surface area contributed by atoms with Gasteiger partial charge in [0.2, 0.25) is 0 Å². The van der Waals surface area contributed by atoms with Crippen LogP contribution in [0.4, 0.5) is 11.4 Å². The lowest BCUT2D eigenvalue weighted by Crippen LogP contribution is -2.29. The average molecular weight is 428 g/mol. The van der Waals surface area contributed by atoms with E-state index in [1.807, 2.05) is 61.5 Å². The molecule has 32 heavy (non-hydrogen) atoms. The second kappa shape index (κ2) is 8.59. The monoisotopic (exact) mass is 428 g/mol. The van der Waals surface area contributed by atoms with Crippen molar-refractivity contribution in [3.8, 4) is 5.75 Å². The van der Waals surface area contributed by atoms with Crippen LogP contribution in [-0.4, -0.2) is 38.0 Å². The van der Waals surface area contributed by atoms with E-state index in [1.54, 1.807) is 43.5 Å². The molecule has 0 bridgehead atoms. The van der Waals surface area contributed by atoms with Crippen molar-refractivity contribution in [2.24, 2.45) is 0 Å². The Morgan fingerprint density at radius 1 is 0.906 bits per heavy atom. The van der Waals surface area contributed by atoms with Crippen molar-refractivity contribution < 1.29 is 19.4 Å². The van der Waals surface area contributed by atoms with Gasteiger partial charge in [-0.15, -0.1) is 0 Å². The summed E-state index contributed by atoms with van der Waals surface area (Å²) < 4.78 is 5.18. The van der Waals surface area contributed by atoms with Crippen LogP contribution < -0.4 is 14.5 Å². The van der Waals surface area contributed by atoms with Crippen molar-refractivity contribution in [1.29, 1.82) is 0 Å². The van der Waals surface area contributed by atoms with E-state index >= 15 is 0 Å². The van der Waals surface area contributed by atoms with E-state index in [0.29, 0.717) is 17.0 Å². The summed E-state index contributed by atoms with van der Waals surface area (Å²) in [5.74, 6) is -0.981. The highest BCUT2D eigenvalue weighted by Crippen LogP contribution is 2.42. The molecule has 1 unspecified atom stereocenters. The third kappa shape index (κ3) is 3.71. The number of amides is 1. The fourth-order valence-corrected chi connectivity index (χ4v) is 3.86. The highest BCUT2D eigenvalue weighted by atomic mass is 16.5. The van der Waals surface area contributed by atoms with Gasteiger partial charge in [0.05, 0.1) is 18.7 Å². The molecule has 6 nitrogen and oxygen atoms in total. The lowest BCUT2D eigenvalue weighted by molar-refractivity contribution is -0.132. The van der Waals surface area contributed by atoms with Crippen LogP contribution in [0, 0.1) is 0 Å². The van der Waals surface area contributed by atoms with Crippen LogP contribution in [0.2, 0.25) is 0 Å². The number of hydrogen-bond acceptors (Lipinski definition) is 5. The first-order chi connectivity index (χ1) is 15.4. The predicted octanol–water partition coefficient (Wildman–Crippen LogP) is 4.39. The van der Waals surface area contributed by atoms with Crippen LogP contribution in [0.1, 0.15) is 17.2 Å². The van der Waals surface area contributed by atoms with E-state index in [-0.39, 0.29) is 11.3 Å². The van der Waals surface area contributed by atoms with Crippen molar-refractivity contribution in [2.45, 2.75) is 6.04 Å². The largest absolute Gasteiger partial charge is 0.507 e. The van der Waals surface area contributed by atoms with E-state index < -0.39 is 17.7 Å². The van der Waals surface area contributed by atoms with Gasteiger partial charge in [-0.2, -0.15) is 0 Å². The molecule has 0 saturated carbocycles. The first-order valence-electron chi connectivity index (χ1n) is 10.2. The SMILES string of the molecule is COc1ccc(/C(O)=C2/C(=O)C(=O)N(c3ccccc3)C2c2ccc(N(C)C)cc2)cc1. The van der Waals surface area contributed by atoms with Gasteiger partial charge in [0.15, 0.2) is 0 Å². The zero-order chi connectivity index (χ0) is 22.8. The number of carbonyl (C=O) groups excluding carboxylic acids is 2. The van der Waals surface area contributed by atoms with Crippen LogP contribution in [0.25, 0.3) is 5.76 Å². The quantitative estimate of drug-likeness (QED) is 0.371. The van der Waals surface area contributed by atoms with Crippen molar-refractivity contribution in [3.05, 3.63) is 95.6 Å². The second-order valence-corrected chi connectivity index (χ2v) is 7.72. The number of anilines is 2. The molecule has 0 aromatic heterocycles. The Bertz CT molecular complexity index is 1170. The number of aliphatic hydroxyl groups excluding tert-OH is 1. The molecule has 1 N–H and O–H groups in total. The lowest BCUT2D eigenvalue weighted by Gasteiger charge is -2.26. The number of ether oxygens (including phenoxy) is 1. The van der Waals surface area contributed by atoms with Crippen LogP contribution in [0.15, 0.2) is 84.4 Å². The Labute approximate surface area is 187 Å². The Morgan fingerprint density at radius 2 is 1.53 bits per heavy atom. The molecule has 6 heteroatoms. The Balaban J connectivity index is 1.89. The number of para-hydroxylation sites is 1. The van der Waals surface area contributed by atoms with Gasteiger partial charge in [0, 0.05) is 31.0 Å². The Kier molecular flexibility index (Phi) is 5.69. The van der Waals surface area contributed by atoms with Crippen molar-refractivity contribution >= 4 is 28.8 Å². The minimum atomic E-state index is -0.754. The van der Waals surface area contributed by atoms with E-state index in [0.717, 1.165) is 11.3 Å². The molecule has 1 aliphatic rings. The van der Waals surface area contributed by atoms with Gasteiger partial charge >= 0.3 is 0 Å². The summed E-state index contributed by atoms with van der Waals surface area (Å²) in [6.07, 6.45) is 0. The molecule has 4 rings (SSSR count). The van der Waals surface area contributed by atoms with Crippen molar-refractivity contribution in [2.75, 3.05) is 31.0 Å². The molecule has 0 aliphatic carbocycles. The molecule has 1 saturated heterocycles. The summed E-state index contributed by atoms with van der Waals surface area (Å²) in [5, 5.41) is 11.1. The van der Waals surface area contributed by atoms with Crippen LogP contribution in [-0.2, 0) is 9.59 Å². The Morgan fingerprint density at radius 3 is 2.09 bits per heavy atom. The second-order valence-electron chi connectivity index (χ2n) is 7.72. The molecule has 3 aromatic rings. The van der Waals surface area contributed by atoms with Crippen molar-refractivity contribution in [1.82, 2.24) is 0 Å². The maximum Gasteiger partial charge on any atom is 0.300 e. The average Bonchev–Trinajstić information content (AvgIpc) is 3.09. The number of aliphatic hydroxyl groups is 1. The molecule has 3 aromatic carbocycles. The van der Waals surface area contributed by atoms with Gasteiger partial charge < -0.3 is 14.7 Å². The number of hydrogen-bond donors (Lipinski definition) is 1. The highest BCUT2D eigenvalue weighted by Gasteiger charge is 2.46. The molecule has 1 amide bonds. The van der Waals surface area contributed by atoms with Crippen LogP contribution in [0.5, 0.6) is 5.75 Å². The van der Waals surface area contributed by atoms with Gasteiger partial charge in [-0.3, -0.25) is 14.5 Å². The van der Waals surface area contributed by atoms with Crippen LogP contribution in [0.3, 0.4) is 0 Å². The standard InChI is InChI=1S/C26H24N2O4/c1-27(2)19-13-9-17(10-14-19)23-22(24(29)18-11-15-21(32-3)16-12-18)25(30)26(31)28(23)20-7-5-4-6-8-20/h4-16,23,29H,1-3H3/b24-22-. The summed E-state index contributed by atoms with van der Waals surface area (Å²) in [6, 6.07) is 22.6. The molecule has 1 heterocycles. The third-order valence-corrected chi connectivity index (χ3v) is 5.57. The molecular formula is C26H24N2O4. The number of Topliss-reactive ketones (excluding diaryl/α,β-unsaturated/α-hetero) is 1. The molecule has 162 valence electrons. The molecular weight excluding hydrogens is 404 g/mol. The molecule has 1 fully saturated rings. The smallest absolute Gasteiger partial charge is 0.300 e. The van der Waals surface area contributed by atoms with Gasteiger partial charge in [-0.25, -0.2) is 0 Å². The predicted molar refractivity (Wildman–Crippen MR) is 125 cm³/mol. The molecule has 0 spiro atoms. The van der Waals surface area contributed by atoms with Gasteiger partial charge in [0.1, 0.15) is 11.5 Å². The number of carbonyl (C=O) groups is 2. The maximum atomic E-state index is 13.1. The fourth-order valence-electron chi connectivity index (χ4n) is 3.86.